The number of esters is 1. The Labute approximate surface area is 149 Å². The number of carbonyl (C=O) groups excluding carboxylic acids is 2. The van der Waals surface area contributed by atoms with Crippen molar-refractivity contribution >= 4 is 33.5 Å². The number of benzene rings is 2. The number of carbonyl (C=O) groups is 2. The molecule has 0 aromatic heterocycles. The lowest BCUT2D eigenvalue weighted by molar-refractivity contribution is -0.677. The molecule has 6 heteroatoms. The monoisotopic (exact) mass is 391 g/mol. The highest BCUT2D eigenvalue weighted by Gasteiger charge is 2.23. The van der Waals surface area contributed by atoms with E-state index in [1.165, 1.54) is 14.0 Å². The van der Waals surface area contributed by atoms with Crippen LogP contribution in [-0.2, 0) is 14.3 Å². The van der Waals surface area contributed by atoms with Crippen molar-refractivity contribution < 1.29 is 19.6 Å². The largest absolute Gasteiger partial charge is 0.465 e. The highest BCUT2D eigenvalue weighted by molar-refractivity contribution is 9.10. The molecule has 3 N–H and O–H groups in total. The molecule has 126 valence electrons. The third kappa shape index (κ3) is 4.91. The fourth-order valence-electron chi connectivity index (χ4n) is 2.49. The summed E-state index contributed by atoms with van der Waals surface area (Å²) >= 11 is 3.48. The van der Waals surface area contributed by atoms with Crippen LogP contribution < -0.4 is 10.6 Å². The van der Waals surface area contributed by atoms with Gasteiger partial charge in [-0.25, -0.2) is 4.79 Å². The number of nitrogens with one attached hydrogen (secondary N) is 1. The van der Waals surface area contributed by atoms with E-state index in [0.717, 1.165) is 21.3 Å². The summed E-state index contributed by atoms with van der Waals surface area (Å²) in [6.07, 6.45) is 0. The van der Waals surface area contributed by atoms with Crippen LogP contribution in [0, 0.1) is 0 Å². The van der Waals surface area contributed by atoms with Gasteiger partial charge in [-0.1, -0.05) is 46.3 Å². The van der Waals surface area contributed by atoms with Crippen LogP contribution in [-0.4, -0.2) is 25.5 Å². The molecule has 0 aliphatic rings. The number of halogens is 1. The zero-order chi connectivity index (χ0) is 17.5. The van der Waals surface area contributed by atoms with Crippen LogP contribution in [0.4, 0.5) is 5.69 Å². The lowest BCUT2D eigenvalue weighted by atomic mass is 9.97. The summed E-state index contributed by atoms with van der Waals surface area (Å²) in [4.78, 5) is 23.1. The van der Waals surface area contributed by atoms with Gasteiger partial charge in [0.15, 0.2) is 6.54 Å². The summed E-state index contributed by atoms with van der Waals surface area (Å²) < 4.78 is 5.64. The van der Waals surface area contributed by atoms with Gasteiger partial charge >= 0.3 is 5.97 Å². The molecule has 0 saturated carbocycles. The highest BCUT2D eigenvalue weighted by Crippen LogP contribution is 2.29. The third-order valence-corrected chi connectivity index (χ3v) is 4.06. The quantitative estimate of drug-likeness (QED) is 0.741. The van der Waals surface area contributed by atoms with Crippen molar-refractivity contribution in [1.29, 1.82) is 0 Å². The van der Waals surface area contributed by atoms with E-state index in [9.17, 15) is 9.59 Å². The Morgan fingerprint density at radius 3 is 2.54 bits per heavy atom. The van der Waals surface area contributed by atoms with Crippen molar-refractivity contribution in [3.63, 3.8) is 0 Å². The van der Waals surface area contributed by atoms with Crippen LogP contribution in [0.25, 0.3) is 0 Å². The summed E-state index contributed by atoms with van der Waals surface area (Å²) in [5, 5.41) is 4.75. The number of quaternary nitrogens is 1. The SMILES string of the molecule is COC(=O)C[NH2+][C@H](c1ccccc1)c1cc(Br)ccc1NC(C)=O. The minimum absolute atomic E-state index is 0.140. The standard InChI is InChI=1S/C18H19BrN2O3/c1-12(22)21-16-9-8-14(19)10-15(16)18(20-11-17(23)24-2)13-6-4-3-5-7-13/h3-10,18,20H,11H2,1-2H3,(H,21,22)/p+1/t18-/m1/s1. The predicted octanol–water partition coefficient (Wildman–Crippen LogP) is 2.23. The lowest BCUT2D eigenvalue weighted by Gasteiger charge is -2.19. The number of nitrogens with two attached hydrogens (primary N) is 1. The van der Waals surface area contributed by atoms with E-state index in [-0.39, 0.29) is 24.5 Å². The summed E-state index contributed by atoms with van der Waals surface area (Å²) in [5.74, 6) is -0.439. The smallest absolute Gasteiger partial charge is 0.361 e. The molecule has 0 bridgehead atoms. The van der Waals surface area contributed by atoms with Crippen LogP contribution in [0.2, 0.25) is 0 Å². The molecule has 1 atom stereocenters. The molecule has 0 unspecified atom stereocenters. The van der Waals surface area contributed by atoms with Gasteiger partial charge in [-0.05, 0) is 18.2 Å². The molecule has 0 saturated heterocycles. The highest BCUT2D eigenvalue weighted by atomic mass is 79.9. The number of amides is 1. The molecule has 5 nitrogen and oxygen atoms in total. The number of methoxy groups -OCH3 is 1. The maximum Gasteiger partial charge on any atom is 0.361 e. The molecule has 0 spiro atoms. The first kappa shape index (κ1) is 18.2. The minimum atomic E-state index is -0.299. The van der Waals surface area contributed by atoms with Crippen molar-refractivity contribution in [2.24, 2.45) is 0 Å². The van der Waals surface area contributed by atoms with Crippen molar-refractivity contribution in [3.8, 4) is 0 Å². The Balaban J connectivity index is 2.44. The minimum Gasteiger partial charge on any atom is -0.465 e. The maximum absolute atomic E-state index is 11.6. The first-order valence-electron chi connectivity index (χ1n) is 7.53. The van der Waals surface area contributed by atoms with Crippen molar-refractivity contribution in [1.82, 2.24) is 0 Å². The van der Waals surface area contributed by atoms with Crippen LogP contribution >= 0.6 is 15.9 Å². The zero-order valence-electron chi connectivity index (χ0n) is 13.6. The lowest BCUT2D eigenvalue weighted by Crippen LogP contribution is -2.87. The molecule has 0 fully saturated rings. The van der Waals surface area contributed by atoms with Gasteiger partial charge < -0.3 is 15.4 Å². The average molecular weight is 392 g/mol. The summed E-state index contributed by atoms with van der Waals surface area (Å²) in [6.45, 7) is 1.66. The maximum atomic E-state index is 11.6. The molecule has 1 amide bonds. The van der Waals surface area contributed by atoms with Gasteiger partial charge in [0, 0.05) is 22.5 Å². The van der Waals surface area contributed by atoms with Gasteiger partial charge in [0.25, 0.3) is 0 Å². The first-order chi connectivity index (χ1) is 11.5. The van der Waals surface area contributed by atoms with Crippen LogP contribution in [0.5, 0.6) is 0 Å². The molecule has 0 aliphatic heterocycles. The molecule has 0 radical (unpaired) electrons. The normalized spacial score (nSPS) is 11.6. The van der Waals surface area contributed by atoms with E-state index < -0.39 is 0 Å². The Morgan fingerprint density at radius 1 is 1.21 bits per heavy atom. The van der Waals surface area contributed by atoms with E-state index in [2.05, 4.69) is 21.2 Å². The van der Waals surface area contributed by atoms with Crippen molar-refractivity contribution in [3.05, 3.63) is 64.1 Å². The number of ether oxygens (including phenoxy) is 1. The van der Waals surface area contributed by atoms with Gasteiger partial charge in [-0.15, -0.1) is 0 Å². The van der Waals surface area contributed by atoms with E-state index in [4.69, 9.17) is 4.74 Å². The Morgan fingerprint density at radius 2 is 1.92 bits per heavy atom. The van der Waals surface area contributed by atoms with Crippen LogP contribution in [0.1, 0.15) is 24.1 Å². The fourth-order valence-corrected chi connectivity index (χ4v) is 2.87. The van der Waals surface area contributed by atoms with Gasteiger partial charge in [-0.2, -0.15) is 0 Å². The molecular weight excluding hydrogens is 372 g/mol. The number of rotatable bonds is 6. The Kier molecular flexibility index (Phi) is 6.52. The molecule has 2 rings (SSSR count). The van der Waals surface area contributed by atoms with E-state index in [1.54, 1.807) is 0 Å². The molecule has 2 aromatic carbocycles. The van der Waals surface area contributed by atoms with E-state index in [1.807, 2.05) is 53.8 Å². The Hall–Kier alpha value is -2.18. The average Bonchev–Trinajstić information content (AvgIpc) is 2.57. The van der Waals surface area contributed by atoms with Crippen LogP contribution in [0.15, 0.2) is 53.0 Å². The third-order valence-electron chi connectivity index (χ3n) is 3.57. The van der Waals surface area contributed by atoms with Crippen LogP contribution in [0.3, 0.4) is 0 Å². The molecule has 24 heavy (non-hydrogen) atoms. The number of anilines is 1. The van der Waals surface area contributed by atoms with Gasteiger partial charge in [0.1, 0.15) is 6.04 Å². The second kappa shape index (κ2) is 8.61. The second-order valence-electron chi connectivity index (χ2n) is 5.32. The van der Waals surface area contributed by atoms with Crippen molar-refractivity contribution in [2.45, 2.75) is 13.0 Å². The van der Waals surface area contributed by atoms with Gasteiger partial charge in [-0.3, -0.25) is 4.79 Å². The zero-order valence-corrected chi connectivity index (χ0v) is 15.2. The van der Waals surface area contributed by atoms with Gasteiger partial charge in [0.2, 0.25) is 5.91 Å². The summed E-state index contributed by atoms with van der Waals surface area (Å²) in [7, 11) is 1.37. The Bertz CT molecular complexity index is 719. The molecule has 2 aromatic rings. The molecule has 0 heterocycles. The summed E-state index contributed by atoms with van der Waals surface area (Å²) in [5.41, 5.74) is 2.67. The van der Waals surface area contributed by atoms with Crippen molar-refractivity contribution in [2.75, 3.05) is 19.0 Å². The number of hydrogen-bond acceptors (Lipinski definition) is 3. The first-order valence-corrected chi connectivity index (χ1v) is 8.32. The second-order valence-corrected chi connectivity index (χ2v) is 6.23. The van der Waals surface area contributed by atoms with E-state index in [0.29, 0.717) is 0 Å². The number of hydrogen-bond donors (Lipinski definition) is 2. The molecule has 0 aliphatic carbocycles. The fraction of sp³-hybridized carbons (Fsp3) is 0.222. The molecular formula is C18H20BrN2O3+. The van der Waals surface area contributed by atoms with Gasteiger partial charge in [0.05, 0.1) is 12.8 Å². The summed E-state index contributed by atoms with van der Waals surface area (Å²) in [6, 6.07) is 15.4. The van der Waals surface area contributed by atoms with E-state index >= 15 is 0 Å². The predicted molar refractivity (Wildman–Crippen MR) is 95.5 cm³/mol. The topological polar surface area (TPSA) is 72.0 Å².